The summed E-state index contributed by atoms with van der Waals surface area (Å²) in [7, 11) is 0. The highest BCUT2D eigenvalue weighted by Gasteiger charge is 2.15. The number of rotatable bonds is 7. The molecule has 0 amide bonds. The number of hydrogen-bond acceptors (Lipinski definition) is 4. The molecule has 0 saturated carbocycles. The first-order valence-corrected chi connectivity index (χ1v) is 6.96. The van der Waals surface area contributed by atoms with Crippen LogP contribution < -0.4 is 5.32 Å². The van der Waals surface area contributed by atoms with E-state index in [-0.39, 0.29) is 12.0 Å². The van der Waals surface area contributed by atoms with E-state index in [0.29, 0.717) is 6.01 Å². The molecule has 1 unspecified atom stereocenters. The van der Waals surface area contributed by atoms with Gasteiger partial charge < -0.3 is 9.84 Å². The number of anilines is 1. The van der Waals surface area contributed by atoms with Crippen molar-refractivity contribution in [3.05, 3.63) is 54.4 Å². The second-order valence-corrected chi connectivity index (χ2v) is 5.09. The summed E-state index contributed by atoms with van der Waals surface area (Å²) >= 11 is 0. The Morgan fingerprint density at radius 3 is 2.65 bits per heavy atom. The Hall–Kier alpha value is -2.10. The molecule has 4 heteroatoms. The Morgan fingerprint density at radius 1 is 1.30 bits per heavy atom. The van der Waals surface area contributed by atoms with E-state index in [2.05, 4.69) is 34.2 Å². The fourth-order valence-corrected chi connectivity index (χ4v) is 1.97. The number of hydrogen-bond donors (Lipinski definition) is 1. The van der Waals surface area contributed by atoms with E-state index in [1.54, 1.807) is 0 Å². The van der Waals surface area contributed by atoms with Gasteiger partial charge in [-0.2, -0.15) is 4.98 Å². The van der Waals surface area contributed by atoms with Gasteiger partial charge in [0.05, 0.1) is 6.04 Å². The molecule has 0 bridgehead atoms. The second kappa shape index (κ2) is 6.89. The molecule has 0 saturated heterocycles. The van der Waals surface area contributed by atoms with Gasteiger partial charge in [0.15, 0.2) is 5.82 Å². The van der Waals surface area contributed by atoms with Crippen molar-refractivity contribution >= 4 is 6.01 Å². The second-order valence-electron chi connectivity index (χ2n) is 5.09. The molecule has 0 fully saturated rings. The minimum Gasteiger partial charge on any atom is -0.331 e. The third kappa shape index (κ3) is 3.70. The molecule has 0 aliphatic heterocycles. The highest BCUT2D eigenvalue weighted by molar-refractivity contribution is 5.29. The molecule has 2 aromatic rings. The van der Waals surface area contributed by atoms with Crippen molar-refractivity contribution in [3.63, 3.8) is 0 Å². The van der Waals surface area contributed by atoms with E-state index in [0.717, 1.165) is 18.7 Å². The van der Waals surface area contributed by atoms with Gasteiger partial charge in [-0.25, -0.2) is 0 Å². The summed E-state index contributed by atoms with van der Waals surface area (Å²) in [4.78, 5) is 4.37. The van der Waals surface area contributed by atoms with Crippen LogP contribution in [0.25, 0.3) is 0 Å². The Bertz CT molecular complexity index is 534. The zero-order chi connectivity index (χ0) is 14.4. The maximum absolute atomic E-state index is 5.26. The van der Waals surface area contributed by atoms with Crippen molar-refractivity contribution < 1.29 is 4.52 Å². The summed E-state index contributed by atoms with van der Waals surface area (Å²) in [6.07, 6.45) is 3.79. The SMILES string of the molecule is C=CCCC(Nc1nc(C(C)C)no1)c1ccccc1. The van der Waals surface area contributed by atoms with E-state index in [1.807, 2.05) is 38.1 Å². The average molecular weight is 271 g/mol. The molecule has 0 aliphatic carbocycles. The molecule has 0 radical (unpaired) electrons. The molecule has 4 nitrogen and oxygen atoms in total. The number of nitrogens with one attached hydrogen (secondary N) is 1. The predicted octanol–water partition coefficient (Wildman–Crippen LogP) is 4.31. The van der Waals surface area contributed by atoms with Crippen molar-refractivity contribution in [2.75, 3.05) is 5.32 Å². The topological polar surface area (TPSA) is 51.0 Å². The molecule has 20 heavy (non-hydrogen) atoms. The van der Waals surface area contributed by atoms with Gasteiger partial charge in [-0.05, 0) is 18.4 Å². The first-order chi connectivity index (χ1) is 9.70. The molecule has 1 aromatic heterocycles. The first-order valence-electron chi connectivity index (χ1n) is 6.96. The molecule has 2 rings (SSSR count). The van der Waals surface area contributed by atoms with E-state index < -0.39 is 0 Å². The molecular formula is C16H21N3O. The van der Waals surface area contributed by atoms with Gasteiger partial charge in [-0.1, -0.05) is 55.4 Å². The lowest BCUT2D eigenvalue weighted by Crippen LogP contribution is -2.11. The van der Waals surface area contributed by atoms with Gasteiger partial charge in [0.1, 0.15) is 0 Å². The quantitative estimate of drug-likeness (QED) is 0.762. The predicted molar refractivity (Wildman–Crippen MR) is 80.6 cm³/mol. The van der Waals surface area contributed by atoms with Gasteiger partial charge in [-0.15, -0.1) is 6.58 Å². The van der Waals surface area contributed by atoms with Crippen LogP contribution in [0.5, 0.6) is 0 Å². The van der Waals surface area contributed by atoms with Crippen LogP contribution in [0, 0.1) is 0 Å². The van der Waals surface area contributed by atoms with Gasteiger partial charge in [0.2, 0.25) is 0 Å². The van der Waals surface area contributed by atoms with E-state index >= 15 is 0 Å². The van der Waals surface area contributed by atoms with Gasteiger partial charge in [0, 0.05) is 5.92 Å². The Balaban J connectivity index is 2.12. The monoisotopic (exact) mass is 271 g/mol. The van der Waals surface area contributed by atoms with Crippen molar-refractivity contribution in [2.45, 2.75) is 38.6 Å². The standard InChI is InChI=1S/C16H21N3O/c1-4-5-11-14(13-9-7-6-8-10-13)17-16-18-15(12(2)3)19-20-16/h4,6-10,12,14H,1,5,11H2,2-3H3,(H,17,18,19). The maximum Gasteiger partial charge on any atom is 0.321 e. The van der Waals surface area contributed by atoms with Crippen LogP contribution in [0.15, 0.2) is 47.5 Å². The smallest absolute Gasteiger partial charge is 0.321 e. The van der Waals surface area contributed by atoms with Crippen LogP contribution >= 0.6 is 0 Å². The van der Waals surface area contributed by atoms with Crippen LogP contribution in [0.2, 0.25) is 0 Å². The summed E-state index contributed by atoms with van der Waals surface area (Å²) in [6, 6.07) is 10.9. The zero-order valence-corrected chi connectivity index (χ0v) is 12.0. The Morgan fingerprint density at radius 2 is 2.05 bits per heavy atom. The summed E-state index contributed by atoms with van der Waals surface area (Å²) in [6.45, 7) is 7.87. The normalized spacial score (nSPS) is 12.3. The summed E-state index contributed by atoms with van der Waals surface area (Å²) in [5, 5.41) is 7.29. The van der Waals surface area contributed by atoms with Crippen molar-refractivity contribution in [1.29, 1.82) is 0 Å². The third-order valence-corrected chi connectivity index (χ3v) is 3.12. The molecule has 1 aromatic carbocycles. The van der Waals surface area contributed by atoms with Crippen molar-refractivity contribution in [3.8, 4) is 0 Å². The number of aromatic nitrogens is 2. The fourth-order valence-electron chi connectivity index (χ4n) is 1.97. The van der Waals surface area contributed by atoms with Crippen molar-refractivity contribution in [2.24, 2.45) is 0 Å². The first kappa shape index (κ1) is 14.3. The van der Waals surface area contributed by atoms with Crippen LogP contribution in [0.4, 0.5) is 6.01 Å². The molecular weight excluding hydrogens is 250 g/mol. The average Bonchev–Trinajstić information content (AvgIpc) is 2.93. The molecule has 1 N–H and O–H groups in total. The summed E-state index contributed by atoms with van der Waals surface area (Å²) in [5.74, 6) is 0.987. The number of allylic oxidation sites excluding steroid dienone is 1. The largest absolute Gasteiger partial charge is 0.331 e. The Kier molecular flexibility index (Phi) is 4.93. The maximum atomic E-state index is 5.26. The minimum atomic E-state index is 0.148. The molecule has 106 valence electrons. The lowest BCUT2D eigenvalue weighted by molar-refractivity contribution is 0.414. The minimum absolute atomic E-state index is 0.148. The van der Waals surface area contributed by atoms with Gasteiger partial charge in [0.25, 0.3) is 0 Å². The highest BCUT2D eigenvalue weighted by Crippen LogP contribution is 2.24. The van der Waals surface area contributed by atoms with E-state index in [1.165, 1.54) is 5.56 Å². The van der Waals surface area contributed by atoms with Crippen LogP contribution in [0.3, 0.4) is 0 Å². The zero-order valence-electron chi connectivity index (χ0n) is 12.0. The number of nitrogens with zero attached hydrogens (tertiary/aromatic N) is 2. The van der Waals surface area contributed by atoms with Crippen molar-refractivity contribution in [1.82, 2.24) is 10.1 Å². The van der Waals surface area contributed by atoms with Crippen LogP contribution in [-0.2, 0) is 0 Å². The fraction of sp³-hybridized carbons (Fsp3) is 0.375. The van der Waals surface area contributed by atoms with Gasteiger partial charge in [-0.3, -0.25) is 0 Å². The van der Waals surface area contributed by atoms with E-state index in [9.17, 15) is 0 Å². The summed E-state index contributed by atoms with van der Waals surface area (Å²) < 4.78 is 5.26. The van der Waals surface area contributed by atoms with E-state index in [4.69, 9.17) is 4.52 Å². The van der Waals surface area contributed by atoms with Crippen LogP contribution in [0.1, 0.15) is 50.0 Å². The summed E-state index contributed by atoms with van der Waals surface area (Å²) in [5.41, 5.74) is 1.21. The van der Waals surface area contributed by atoms with Gasteiger partial charge >= 0.3 is 6.01 Å². The third-order valence-electron chi connectivity index (χ3n) is 3.12. The Labute approximate surface area is 119 Å². The lowest BCUT2D eigenvalue weighted by Gasteiger charge is -2.16. The number of benzene rings is 1. The molecule has 0 spiro atoms. The molecule has 1 heterocycles. The highest BCUT2D eigenvalue weighted by atomic mass is 16.5. The molecule has 1 atom stereocenters. The molecule has 0 aliphatic rings. The lowest BCUT2D eigenvalue weighted by atomic mass is 10.0. The van der Waals surface area contributed by atoms with Crippen LogP contribution in [-0.4, -0.2) is 10.1 Å².